The van der Waals surface area contributed by atoms with Gasteiger partial charge in [-0.25, -0.2) is 14.8 Å². The van der Waals surface area contributed by atoms with Gasteiger partial charge in [0.25, 0.3) is 5.91 Å². The highest BCUT2D eigenvalue weighted by Gasteiger charge is 2.15. The van der Waals surface area contributed by atoms with Crippen molar-refractivity contribution in [3.63, 3.8) is 0 Å². The first-order chi connectivity index (χ1) is 11.6. The molecular formula is C17H12ClN3O3. The van der Waals surface area contributed by atoms with Crippen molar-refractivity contribution < 1.29 is 14.3 Å². The predicted molar refractivity (Wildman–Crippen MR) is 90.3 cm³/mol. The van der Waals surface area contributed by atoms with E-state index in [0.29, 0.717) is 22.3 Å². The van der Waals surface area contributed by atoms with Crippen LogP contribution in [0.2, 0.25) is 5.15 Å². The molecule has 0 radical (unpaired) electrons. The zero-order valence-corrected chi connectivity index (χ0v) is 13.4. The van der Waals surface area contributed by atoms with Gasteiger partial charge in [0.05, 0.1) is 23.7 Å². The average molecular weight is 342 g/mol. The second-order valence-electron chi connectivity index (χ2n) is 4.87. The van der Waals surface area contributed by atoms with Crippen LogP contribution in [0, 0.1) is 0 Å². The maximum Gasteiger partial charge on any atom is 0.337 e. The number of fused-ring (bicyclic) bond motifs is 1. The number of carbonyl (C=O) groups excluding carboxylic acids is 2. The number of nitrogens with zero attached hydrogens (tertiary/aromatic N) is 2. The Kier molecular flexibility index (Phi) is 4.39. The number of amides is 1. The van der Waals surface area contributed by atoms with Crippen molar-refractivity contribution in [2.45, 2.75) is 0 Å². The molecule has 1 amide bonds. The van der Waals surface area contributed by atoms with Gasteiger partial charge in [-0.1, -0.05) is 23.7 Å². The molecule has 1 aromatic heterocycles. The quantitative estimate of drug-likeness (QED) is 0.739. The maximum atomic E-state index is 12.4. The Morgan fingerprint density at radius 1 is 1.00 bits per heavy atom. The molecule has 6 nitrogen and oxygen atoms in total. The Labute approximate surface area is 142 Å². The van der Waals surface area contributed by atoms with Crippen LogP contribution in [0.4, 0.5) is 5.69 Å². The van der Waals surface area contributed by atoms with Gasteiger partial charge in [0.2, 0.25) is 0 Å². The van der Waals surface area contributed by atoms with E-state index in [0.717, 1.165) is 0 Å². The highest BCUT2D eigenvalue weighted by Crippen LogP contribution is 2.18. The van der Waals surface area contributed by atoms with Gasteiger partial charge in [0.15, 0.2) is 10.8 Å². The molecule has 0 aliphatic carbocycles. The zero-order valence-electron chi connectivity index (χ0n) is 12.6. The van der Waals surface area contributed by atoms with E-state index >= 15 is 0 Å². The first-order valence-corrected chi connectivity index (χ1v) is 7.38. The molecule has 3 rings (SSSR count). The van der Waals surface area contributed by atoms with Crippen LogP contribution >= 0.6 is 11.6 Å². The topological polar surface area (TPSA) is 81.2 Å². The second-order valence-corrected chi connectivity index (χ2v) is 5.23. The van der Waals surface area contributed by atoms with E-state index < -0.39 is 11.9 Å². The number of nitrogens with one attached hydrogen (secondary N) is 1. The summed E-state index contributed by atoms with van der Waals surface area (Å²) in [6.07, 6.45) is 0. The second kappa shape index (κ2) is 6.64. The Morgan fingerprint density at radius 3 is 2.25 bits per heavy atom. The standard InChI is InChI=1S/C17H12ClN3O3/c1-24-17(23)10-6-8-11(9-7-10)19-16(22)14-15(18)21-13-5-3-2-4-12(13)20-14/h2-9H,1H3,(H,19,22). The van der Waals surface area contributed by atoms with E-state index in [1.165, 1.54) is 7.11 Å². The predicted octanol–water partition coefficient (Wildman–Crippen LogP) is 3.32. The van der Waals surface area contributed by atoms with Crippen LogP contribution in [-0.2, 0) is 4.74 Å². The Bertz CT molecular complexity index is 926. The van der Waals surface area contributed by atoms with E-state index in [1.807, 2.05) is 6.07 Å². The Balaban J connectivity index is 1.84. The molecule has 0 atom stereocenters. The fourth-order valence-corrected chi connectivity index (χ4v) is 2.34. The van der Waals surface area contributed by atoms with E-state index in [1.54, 1.807) is 42.5 Å². The van der Waals surface area contributed by atoms with Crippen LogP contribution in [0.1, 0.15) is 20.8 Å². The molecule has 0 aliphatic heterocycles. The minimum atomic E-state index is -0.482. The lowest BCUT2D eigenvalue weighted by atomic mass is 10.2. The fourth-order valence-electron chi connectivity index (χ4n) is 2.12. The monoisotopic (exact) mass is 341 g/mol. The highest BCUT2D eigenvalue weighted by molar-refractivity contribution is 6.33. The summed E-state index contributed by atoms with van der Waals surface area (Å²) in [5.41, 5.74) is 2.11. The Hall–Kier alpha value is -2.99. The minimum Gasteiger partial charge on any atom is -0.465 e. The molecule has 1 heterocycles. The lowest BCUT2D eigenvalue weighted by Gasteiger charge is -2.07. The largest absolute Gasteiger partial charge is 0.465 e. The number of ether oxygens (including phenoxy) is 1. The molecule has 2 aromatic carbocycles. The smallest absolute Gasteiger partial charge is 0.337 e. The number of para-hydroxylation sites is 2. The fraction of sp³-hybridized carbons (Fsp3) is 0.0588. The number of aromatic nitrogens is 2. The number of esters is 1. The first kappa shape index (κ1) is 15.9. The molecule has 1 N–H and O–H groups in total. The summed E-state index contributed by atoms with van der Waals surface area (Å²) < 4.78 is 4.62. The van der Waals surface area contributed by atoms with Gasteiger partial charge in [-0.05, 0) is 36.4 Å². The number of anilines is 1. The summed E-state index contributed by atoms with van der Waals surface area (Å²) in [6, 6.07) is 13.4. The summed E-state index contributed by atoms with van der Waals surface area (Å²) in [4.78, 5) is 32.2. The molecule has 0 fully saturated rings. The van der Waals surface area contributed by atoms with Crippen molar-refractivity contribution in [2.75, 3.05) is 12.4 Å². The van der Waals surface area contributed by atoms with Gasteiger partial charge in [0.1, 0.15) is 0 Å². The first-order valence-electron chi connectivity index (χ1n) is 7.00. The number of halogens is 1. The molecule has 120 valence electrons. The van der Waals surface area contributed by atoms with Crippen LogP contribution in [-0.4, -0.2) is 29.0 Å². The zero-order chi connectivity index (χ0) is 17.1. The highest BCUT2D eigenvalue weighted by atomic mass is 35.5. The number of methoxy groups -OCH3 is 1. The van der Waals surface area contributed by atoms with Crippen LogP contribution in [0.25, 0.3) is 11.0 Å². The van der Waals surface area contributed by atoms with Crippen molar-refractivity contribution in [1.82, 2.24) is 9.97 Å². The van der Waals surface area contributed by atoms with Gasteiger partial charge in [0, 0.05) is 5.69 Å². The normalized spacial score (nSPS) is 10.4. The van der Waals surface area contributed by atoms with Crippen LogP contribution < -0.4 is 5.32 Å². The maximum absolute atomic E-state index is 12.4. The molecule has 0 aliphatic rings. The molecular weight excluding hydrogens is 330 g/mol. The molecule has 3 aromatic rings. The molecule has 24 heavy (non-hydrogen) atoms. The number of carbonyl (C=O) groups is 2. The molecule has 0 saturated heterocycles. The minimum absolute atomic E-state index is 0.0254. The summed E-state index contributed by atoms with van der Waals surface area (Å²) in [6.45, 7) is 0. The number of hydrogen-bond acceptors (Lipinski definition) is 5. The summed E-state index contributed by atoms with van der Waals surface area (Å²) in [5, 5.41) is 2.70. The van der Waals surface area contributed by atoms with Gasteiger partial charge in [-0.3, -0.25) is 4.79 Å². The van der Waals surface area contributed by atoms with E-state index in [4.69, 9.17) is 11.6 Å². The van der Waals surface area contributed by atoms with Crippen molar-refractivity contribution in [2.24, 2.45) is 0 Å². The third-order valence-corrected chi connectivity index (χ3v) is 3.57. The van der Waals surface area contributed by atoms with Gasteiger partial charge in [-0.2, -0.15) is 0 Å². The number of benzene rings is 2. The lowest BCUT2D eigenvalue weighted by Crippen LogP contribution is -2.15. The third-order valence-electron chi connectivity index (χ3n) is 3.31. The van der Waals surface area contributed by atoms with Crippen molar-refractivity contribution in [3.05, 3.63) is 64.9 Å². The van der Waals surface area contributed by atoms with Crippen molar-refractivity contribution in [3.8, 4) is 0 Å². The number of rotatable bonds is 3. The number of hydrogen-bond donors (Lipinski definition) is 1. The van der Waals surface area contributed by atoms with Crippen molar-refractivity contribution >= 4 is 40.2 Å². The van der Waals surface area contributed by atoms with E-state index in [9.17, 15) is 9.59 Å². The SMILES string of the molecule is COC(=O)c1ccc(NC(=O)c2nc3ccccc3nc2Cl)cc1. The lowest BCUT2D eigenvalue weighted by molar-refractivity contribution is 0.0600. The van der Waals surface area contributed by atoms with E-state index in [2.05, 4.69) is 20.0 Å². The molecule has 0 saturated carbocycles. The summed E-state index contributed by atoms with van der Waals surface area (Å²) >= 11 is 6.05. The van der Waals surface area contributed by atoms with Crippen LogP contribution in [0.15, 0.2) is 48.5 Å². The van der Waals surface area contributed by atoms with Crippen LogP contribution in [0.3, 0.4) is 0 Å². The van der Waals surface area contributed by atoms with E-state index in [-0.39, 0.29) is 10.8 Å². The Morgan fingerprint density at radius 2 is 1.62 bits per heavy atom. The van der Waals surface area contributed by atoms with Crippen LogP contribution in [0.5, 0.6) is 0 Å². The summed E-state index contributed by atoms with van der Waals surface area (Å²) in [7, 11) is 1.30. The third kappa shape index (κ3) is 3.18. The van der Waals surface area contributed by atoms with Crippen molar-refractivity contribution in [1.29, 1.82) is 0 Å². The molecule has 0 spiro atoms. The van der Waals surface area contributed by atoms with Gasteiger partial charge in [-0.15, -0.1) is 0 Å². The van der Waals surface area contributed by atoms with Gasteiger partial charge < -0.3 is 10.1 Å². The molecule has 0 bridgehead atoms. The molecule has 0 unspecified atom stereocenters. The summed E-state index contributed by atoms with van der Waals surface area (Å²) in [5.74, 6) is -0.930. The average Bonchev–Trinajstić information content (AvgIpc) is 2.61. The van der Waals surface area contributed by atoms with Gasteiger partial charge >= 0.3 is 5.97 Å². The molecule has 7 heteroatoms.